The second kappa shape index (κ2) is 8.05. The Morgan fingerprint density at radius 1 is 0.897 bits per heavy atom. The Balaban J connectivity index is 1.53. The third-order valence-corrected chi connectivity index (χ3v) is 4.11. The molecule has 4 rings (SSSR count). The normalized spacial score (nSPS) is 12.2. The van der Waals surface area contributed by atoms with Crippen molar-refractivity contribution in [2.24, 2.45) is 0 Å². The Labute approximate surface area is 168 Å². The molecule has 0 fully saturated rings. The summed E-state index contributed by atoms with van der Waals surface area (Å²) in [7, 11) is 0. The predicted octanol–water partition coefficient (Wildman–Crippen LogP) is 4.00. The molecule has 0 spiro atoms. The minimum atomic E-state index is -0.125. The van der Waals surface area contributed by atoms with Gasteiger partial charge in [0.2, 0.25) is 11.9 Å². The molecule has 0 unspecified atom stereocenters. The lowest BCUT2D eigenvalue weighted by Crippen LogP contribution is -2.15. The number of carbonyl (C=O) groups excluding carboxylic acids is 1. The summed E-state index contributed by atoms with van der Waals surface area (Å²) in [6.07, 6.45) is 0. The number of hydrogen-bond donors (Lipinski definition) is 3. The highest BCUT2D eigenvalue weighted by Crippen LogP contribution is 2.33. The number of rotatable bonds is 5. The number of hydrogen-bond acceptors (Lipinski definition) is 7. The number of benzene rings is 2. The molecule has 148 valence electrons. The van der Waals surface area contributed by atoms with E-state index in [1.54, 1.807) is 0 Å². The molecule has 29 heavy (non-hydrogen) atoms. The molecule has 2 aromatic carbocycles. The maximum absolute atomic E-state index is 11.3. The third kappa shape index (κ3) is 4.73. The minimum Gasteiger partial charge on any atom is -0.486 e. The number of ether oxygens (including phenoxy) is 2. The van der Waals surface area contributed by atoms with E-state index in [1.807, 2.05) is 55.5 Å². The third-order valence-electron chi connectivity index (χ3n) is 4.11. The van der Waals surface area contributed by atoms with Crippen molar-refractivity contribution < 1.29 is 14.3 Å². The summed E-state index contributed by atoms with van der Waals surface area (Å²) in [5.41, 5.74) is 3.11. The van der Waals surface area contributed by atoms with E-state index >= 15 is 0 Å². The van der Waals surface area contributed by atoms with Crippen molar-refractivity contribution in [3.63, 3.8) is 0 Å². The van der Waals surface area contributed by atoms with Crippen molar-refractivity contribution in [3.05, 3.63) is 54.2 Å². The van der Waals surface area contributed by atoms with E-state index in [9.17, 15) is 4.79 Å². The zero-order valence-electron chi connectivity index (χ0n) is 16.2. The van der Waals surface area contributed by atoms with Gasteiger partial charge >= 0.3 is 0 Å². The maximum Gasteiger partial charge on any atom is 0.229 e. The number of anilines is 5. The molecule has 3 N–H and O–H groups in total. The van der Waals surface area contributed by atoms with Crippen LogP contribution in [-0.2, 0) is 4.79 Å². The van der Waals surface area contributed by atoms with Gasteiger partial charge in [0.25, 0.3) is 0 Å². The van der Waals surface area contributed by atoms with Crippen LogP contribution in [0.4, 0.5) is 28.8 Å². The second-order valence-electron chi connectivity index (χ2n) is 6.59. The first-order valence-electron chi connectivity index (χ1n) is 9.22. The summed E-state index contributed by atoms with van der Waals surface area (Å²) in [6.45, 7) is 4.47. The summed E-state index contributed by atoms with van der Waals surface area (Å²) in [5, 5.41) is 9.21. The summed E-state index contributed by atoms with van der Waals surface area (Å²) in [5.74, 6) is 2.42. The van der Waals surface area contributed by atoms with Crippen LogP contribution in [0.15, 0.2) is 48.5 Å². The van der Waals surface area contributed by atoms with E-state index < -0.39 is 0 Å². The van der Waals surface area contributed by atoms with Crippen LogP contribution in [0.25, 0.3) is 0 Å². The zero-order chi connectivity index (χ0) is 20.2. The van der Waals surface area contributed by atoms with Crippen LogP contribution in [0.2, 0.25) is 0 Å². The molecule has 1 aromatic heterocycles. The lowest BCUT2D eigenvalue weighted by molar-refractivity contribution is -0.114. The Bertz CT molecular complexity index is 1050. The highest BCUT2D eigenvalue weighted by Gasteiger charge is 2.12. The van der Waals surface area contributed by atoms with E-state index in [4.69, 9.17) is 9.47 Å². The SMILES string of the molecule is CC(=O)Nc1cccc(Nc2nc(C)cc(Nc3ccc4c(c3)OCCO4)n2)c1. The molecule has 0 saturated carbocycles. The molecular weight excluding hydrogens is 370 g/mol. The molecule has 8 nitrogen and oxygen atoms in total. The van der Waals surface area contributed by atoms with Gasteiger partial charge in [-0.15, -0.1) is 0 Å². The van der Waals surface area contributed by atoms with Gasteiger partial charge in [-0.2, -0.15) is 4.98 Å². The fourth-order valence-electron chi connectivity index (χ4n) is 2.96. The number of nitrogens with zero attached hydrogens (tertiary/aromatic N) is 2. The van der Waals surface area contributed by atoms with Gasteiger partial charge in [0.05, 0.1) is 0 Å². The molecule has 0 saturated heterocycles. The summed E-state index contributed by atoms with van der Waals surface area (Å²) >= 11 is 0. The topological polar surface area (TPSA) is 97.4 Å². The molecule has 0 radical (unpaired) electrons. The van der Waals surface area contributed by atoms with Crippen LogP contribution in [-0.4, -0.2) is 29.1 Å². The lowest BCUT2D eigenvalue weighted by Gasteiger charge is -2.19. The van der Waals surface area contributed by atoms with Gasteiger partial charge in [0.15, 0.2) is 11.5 Å². The van der Waals surface area contributed by atoms with Gasteiger partial charge < -0.3 is 25.4 Å². The highest BCUT2D eigenvalue weighted by molar-refractivity contribution is 5.89. The van der Waals surface area contributed by atoms with Crippen LogP contribution in [0.5, 0.6) is 11.5 Å². The fourth-order valence-corrected chi connectivity index (χ4v) is 2.96. The fraction of sp³-hybridized carbons (Fsp3) is 0.190. The van der Waals surface area contributed by atoms with Gasteiger partial charge in [-0.25, -0.2) is 4.98 Å². The van der Waals surface area contributed by atoms with Gasteiger partial charge in [-0.05, 0) is 37.3 Å². The van der Waals surface area contributed by atoms with Crippen molar-refractivity contribution in [1.82, 2.24) is 9.97 Å². The van der Waals surface area contributed by atoms with E-state index in [1.165, 1.54) is 6.92 Å². The Hall–Kier alpha value is -3.81. The Morgan fingerprint density at radius 2 is 1.66 bits per heavy atom. The first-order valence-corrected chi connectivity index (χ1v) is 9.22. The number of nitrogens with one attached hydrogen (secondary N) is 3. The molecular formula is C21H21N5O3. The number of amides is 1. The average molecular weight is 391 g/mol. The number of fused-ring (bicyclic) bond motifs is 1. The molecule has 0 atom stereocenters. The van der Waals surface area contributed by atoms with E-state index in [2.05, 4.69) is 25.9 Å². The predicted molar refractivity (Wildman–Crippen MR) is 112 cm³/mol. The molecule has 0 bridgehead atoms. The first-order chi connectivity index (χ1) is 14.0. The first kappa shape index (κ1) is 18.5. The lowest BCUT2D eigenvalue weighted by atomic mass is 10.2. The number of carbonyl (C=O) groups is 1. The maximum atomic E-state index is 11.3. The van der Waals surface area contributed by atoms with Crippen molar-refractivity contribution >= 4 is 34.7 Å². The minimum absolute atomic E-state index is 0.125. The second-order valence-corrected chi connectivity index (χ2v) is 6.59. The van der Waals surface area contributed by atoms with Crippen LogP contribution in [0.3, 0.4) is 0 Å². The highest BCUT2D eigenvalue weighted by atomic mass is 16.6. The molecule has 1 amide bonds. The van der Waals surface area contributed by atoms with Gasteiger partial charge in [-0.1, -0.05) is 6.07 Å². The molecule has 8 heteroatoms. The van der Waals surface area contributed by atoms with Crippen LogP contribution < -0.4 is 25.4 Å². The number of aromatic nitrogens is 2. The smallest absolute Gasteiger partial charge is 0.229 e. The largest absolute Gasteiger partial charge is 0.486 e. The van der Waals surface area contributed by atoms with Crippen LogP contribution in [0, 0.1) is 6.92 Å². The Morgan fingerprint density at radius 3 is 2.48 bits per heavy atom. The summed E-state index contributed by atoms with van der Waals surface area (Å²) < 4.78 is 11.2. The summed E-state index contributed by atoms with van der Waals surface area (Å²) in [6, 6.07) is 14.9. The van der Waals surface area contributed by atoms with Gasteiger partial charge in [0, 0.05) is 41.8 Å². The molecule has 0 aliphatic carbocycles. The van der Waals surface area contributed by atoms with E-state index in [0.29, 0.717) is 36.4 Å². The Kier molecular flexibility index (Phi) is 5.15. The van der Waals surface area contributed by atoms with Crippen molar-refractivity contribution in [1.29, 1.82) is 0 Å². The molecule has 2 heterocycles. The standard InChI is InChI=1S/C21H21N5O3/c1-13-10-20(24-17-6-7-18-19(12-17)29-9-8-28-18)26-21(22-13)25-16-5-3-4-15(11-16)23-14(2)27/h3-7,10-12H,8-9H2,1-2H3,(H,23,27)(H2,22,24,25,26). The summed E-state index contributed by atoms with van der Waals surface area (Å²) in [4.78, 5) is 20.2. The number of aryl methyl sites for hydroxylation is 1. The molecule has 1 aliphatic heterocycles. The average Bonchev–Trinajstić information content (AvgIpc) is 2.67. The molecule has 1 aliphatic rings. The quantitative estimate of drug-likeness (QED) is 0.605. The monoisotopic (exact) mass is 391 g/mol. The van der Waals surface area contributed by atoms with Crippen molar-refractivity contribution in [2.45, 2.75) is 13.8 Å². The van der Waals surface area contributed by atoms with Crippen molar-refractivity contribution in [2.75, 3.05) is 29.2 Å². The van der Waals surface area contributed by atoms with E-state index in [-0.39, 0.29) is 5.91 Å². The van der Waals surface area contributed by atoms with E-state index in [0.717, 1.165) is 22.8 Å². The van der Waals surface area contributed by atoms with Gasteiger partial charge in [-0.3, -0.25) is 4.79 Å². The van der Waals surface area contributed by atoms with Crippen molar-refractivity contribution in [3.8, 4) is 11.5 Å². The van der Waals surface area contributed by atoms with Gasteiger partial charge in [0.1, 0.15) is 19.0 Å². The van der Waals surface area contributed by atoms with Crippen LogP contribution >= 0.6 is 0 Å². The molecule has 3 aromatic rings. The zero-order valence-corrected chi connectivity index (χ0v) is 16.2. The van der Waals surface area contributed by atoms with Crippen LogP contribution in [0.1, 0.15) is 12.6 Å².